The van der Waals surface area contributed by atoms with Gasteiger partial charge in [0.15, 0.2) is 0 Å². The molecule has 21 heavy (non-hydrogen) atoms. The van der Waals surface area contributed by atoms with Crippen molar-refractivity contribution in [3.63, 3.8) is 0 Å². The van der Waals surface area contributed by atoms with E-state index in [2.05, 4.69) is 50.8 Å². The van der Waals surface area contributed by atoms with Crippen molar-refractivity contribution in [1.29, 1.82) is 0 Å². The van der Waals surface area contributed by atoms with E-state index in [0.29, 0.717) is 0 Å². The molecule has 2 aliphatic rings. The first-order valence-corrected chi connectivity index (χ1v) is 8.83. The molecule has 0 saturated carbocycles. The summed E-state index contributed by atoms with van der Waals surface area (Å²) in [4.78, 5) is 2.79. The number of likely N-dealkylation sites (tertiary alicyclic amines) is 1. The quantitative estimate of drug-likeness (QED) is 0.675. The number of aryl methyl sites for hydroxylation is 2. The molecule has 3 rings (SSSR count). The van der Waals surface area contributed by atoms with Crippen LogP contribution in [-0.2, 0) is 18.3 Å². The fourth-order valence-electron chi connectivity index (χ4n) is 4.19. The van der Waals surface area contributed by atoms with Gasteiger partial charge in [-0.05, 0) is 74.1 Å². The highest BCUT2D eigenvalue weighted by Gasteiger charge is 2.29. The van der Waals surface area contributed by atoms with Gasteiger partial charge in [-0.1, -0.05) is 39.0 Å². The molecule has 2 atom stereocenters. The summed E-state index contributed by atoms with van der Waals surface area (Å²) < 4.78 is 0. The normalized spacial score (nSPS) is 27.4. The molecular formula is C20H31N. The number of benzene rings is 1. The third kappa shape index (κ3) is 3.18. The maximum absolute atomic E-state index is 2.79. The van der Waals surface area contributed by atoms with Crippen LogP contribution in [0, 0.1) is 0 Å². The predicted octanol–water partition coefficient (Wildman–Crippen LogP) is 4.72. The fraction of sp³-hybridized carbons (Fsp3) is 0.700. The van der Waals surface area contributed by atoms with Gasteiger partial charge in [-0.2, -0.15) is 0 Å². The van der Waals surface area contributed by atoms with E-state index in [1.54, 1.807) is 11.1 Å². The molecular weight excluding hydrogens is 254 g/mol. The van der Waals surface area contributed by atoms with Crippen LogP contribution in [0.25, 0.3) is 0 Å². The minimum absolute atomic E-state index is 0.268. The van der Waals surface area contributed by atoms with Crippen molar-refractivity contribution in [3.05, 3.63) is 34.9 Å². The Labute approximate surface area is 130 Å². The van der Waals surface area contributed by atoms with Crippen LogP contribution in [0.4, 0.5) is 0 Å². The van der Waals surface area contributed by atoms with Crippen LogP contribution in [0.3, 0.4) is 0 Å². The van der Waals surface area contributed by atoms with E-state index in [1.165, 1.54) is 50.6 Å². The zero-order valence-corrected chi connectivity index (χ0v) is 14.3. The van der Waals surface area contributed by atoms with Crippen LogP contribution < -0.4 is 0 Å². The van der Waals surface area contributed by atoms with Crippen molar-refractivity contribution in [1.82, 2.24) is 4.90 Å². The van der Waals surface area contributed by atoms with Crippen molar-refractivity contribution < 1.29 is 0 Å². The Morgan fingerprint density at radius 2 is 1.71 bits per heavy atom. The first-order valence-electron chi connectivity index (χ1n) is 8.83. The van der Waals surface area contributed by atoms with Crippen molar-refractivity contribution in [3.8, 4) is 0 Å². The number of nitrogens with zero attached hydrogens (tertiary/aromatic N) is 1. The summed E-state index contributed by atoms with van der Waals surface area (Å²) in [5, 5.41) is 0. The molecule has 116 valence electrons. The summed E-state index contributed by atoms with van der Waals surface area (Å²) in [5.74, 6) is 0. The zero-order valence-electron chi connectivity index (χ0n) is 14.3. The summed E-state index contributed by atoms with van der Waals surface area (Å²) in [6.45, 7) is 10.7. The molecule has 1 heterocycles. The number of fused-ring (bicyclic) bond motifs is 1. The van der Waals surface area contributed by atoms with Gasteiger partial charge in [0, 0.05) is 12.1 Å². The minimum atomic E-state index is 0.268. The lowest BCUT2D eigenvalue weighted by atomic mass is 9.84. The lowest BCUT2D eigenvalue weighted by molar-refractivity contribution is 0.174. The molecule has 0 bridgehead atoms. The van der Waals surface area contributed by atoms with Gasteiger partial charge in [0.1, 0.15) is 0 Å². The SMILES string of the molecule is C[C@H]1CCCN1C1CCc2ccc(C(C)(C)C)cc2CC1. The summed E-state index contributed by atoms with van der Waals surface area (Å²) in [6, 6.07) is 8.88. The lowest BCUT2D eigenvalue weighted by Crippen LogP contribution is -2.37. The molecule has 1 fully saturated rings. The maximum Gasteiger partial charge on any atom is 0.0104 e. The maximum atomic E-state index is 2.79. The third-order valence-corrected chi connectivity index (χ3v) is 5.64. The minimum Gasteiger partial charge on any atom is -0.298 e. The van der Waals surface area contributed by atoms with Gasteiger partial charge in [0.2, 0.25) is 0 Å². The van der Waals surface area contributed by atoms with Gasteiger partial charge in [-0.25, -0.2) is 0 Å². The van der Waals surface area contributed by atoms with Gasteiger partial charge in [0.25, 0.3) is 0 Å². The van der Waals surface area contributed by atoms with E-state index in [4.69, 9.17) is 0 Å². The Morgan fingerprint density at radius 3 is 2.33 bits per heavy atom. The smallest absolute Gasteiger partial charge is 0.0104 e. The van der Waals surface area contributed by atoms with Crippen molar-refractivity contribution >= 4 is 0 Å². The van der Waals surface area contributed by atoms with Crippen LogP contribution in [0.2, 0.25) is 0 Å². The van der Waals surface area contributed by atoms with Crippen LogP contribution in [0.15, 0.2) is 18.2 Å². The van der Waals surface area contributed by atoms with Crippen LogP contribution in [-0.4, -0.2) is 23.5 Å². The Morgan fingerprint density at radius 1 is 1.00 bits per heavy atom. The highest BCUT2D eigenvalue weighted by atomic mass is 15.2. The molecule has 0 spiro atoms. The molecule has 0 aromatic heterocycles. The monoisotopic (exact) mass is 285 g/mol. The summed E-state index contributed by atoms with van der Waals surface area (Å²) in [6.07, 6.45) is 8.05. The van der Waals surface area contributed by atoms with E-state index >= 15 is 0 Å². The first kappa shape index (κ1) is 15.1. The molecule has 1 heteroatoms. The summed E-state index contributed by atoms with van der Waals surface area (Å²) in [5.41, 5.74) is 4.99. The molecule has 0 radical (unpaired) electrons. The Kier molecular flexibility index (Phi) is 4.14. The molecule has 1 aromatic rings. The summed E-state index contributed by atoms with van der Waals surface area (Å²) in [7, 11) is 0. The average molecular weight is 285 g/mol. The topological polar surface area (TPSA) is 3.24 Å². The number of rotatable bonds is 1. The Hall–Kier alpha value is -0.820. The molecule has 1 nitrogen and oxygen atoms in total. The first-order chi connectivity index (χ1) is 9.95. The van der Waals surface area contributed by atoms with E-state index in [1.807, 2.05) is 0 Å². The predicted molar refractivity (Wildman–Crippen MR) is 91.0 cm³/mol. The Balaban J connectivity index is 1.76. The van der Waals surface area contributed by atoms with E-state index < -0.39 is 0 Å². The molecule has 1 unspecified atom stereocenters. The van der Waals surface area contributed by atoms with Gasteiger partial charge in [0.05, 0.1) is 0 Å². The largest absolute Gasteiger partial charge is 0.298 e. The fourth-order valence-corrected chi connectivity index (χ4v) is 4.19. The number of hydrogen-bond donors (Lipinski definition) is 0. The molecule has 1 aromatic carbocycles. The highest BCUT2D eigenvalue weighted by Crippen LogP contribution is 2.31. The third-order valence-electron chi connectivity index (χ3n) is 5.64. The van der Waals surface area contributed by atoms with Gasteiger partial charge in [-0.3, -0.25) is 4.90 Å². The van der Waals surface area contributed by atoms with Crippen LogP contribution in [0.1, 0.15) is 70.1 Å². The highest BCUT2D eigenvalue weighted by molar-refractivity contribution is 5.36. The molecule has 1 saturated heterocycles. The second-order valence-electron chi connectivity index (χ2n) is 8.19. The second kappa shape index (κ2) is 5.76. The van der Waals surface area contributed by atoms with Crippen LogP contribution in [0.5, 0.6) is 0 Å². The molecule has 0 N–H and O–H groups in total. The van der Waals surface area contributed by atoms with Crippen molar-refractivity contribution in [2.75, 3.05) is 6.54 Å². The second-order valence-corrected chi connectivity index (χ2v) is 8.19. The van der Waals surface area contributed by atoms with E-state index in [0.717, 1.165) is 12.1 Å². The standard InChI is InChI=1S/C20H31N/c1-15-6-5-13-21(15)19-11-8-16-7-10-18(20(2,3)4)14-17(16)9-12-19/h7,10,14-15,19H,5-6,8-9,11-13H2,1-4H3/t15-,19?/m0/s1. The Bertz CT molecular complexity index is 497. The van der Waals surface area contributed by atoms with Gasteiger partial charge < -0.3 is 0 Å². The summed E-state index contributed by atoms with van der Waals surface area (Å²) >= 11 is 0. The average Bonchev–Trinajstić information content (AvgIpc) is 2.73. The molecule has 1 aliphatic heterocycles. The zero-order chi connectivity index (χ0) is 15.0. The molecule has 0 amide bonds. The molecule has 1 aliphatic carbocycles. The van der Waals surface area contributed by atoms with E-state index in [9.17, 15) is 0 Å². The van der Waals surface area contributed by atoms with Crippen molar-refractivity contribution in [2.45, 2.75) is 83.7 Å². The van der Waals surface area contributed by atoms with Gasteiger partial charge >= 0.3 is 0 Å². The van der Waals surface area contributed by atoms with Gasteiger partial charge in [-0.15, -0.1) is 0 Å². The van der Waals surface area contributed by atoms with Crippen LogP contribution >= 0.6 is 0 Å². The van der Waals surface area contributed by atoms with Crippen molar-refractivity contribution in [2.24, 2.45) is 0 Å². The van der Waals surface area contributed by atoms with E-state index in [-0.39, 0.29) is 5.41 Å². The lowest BCUT2D eigenvalue weighted by Gasteiger charge is -2.30. The number of hydrogen-bond acceptors (Lipinski definition) is 1.